The van der Waals surface area contributed by atoms with Crippen molar-refractivity contribution in [2.45, 2.75) is 19.4 Å². The maximum atomic E-state index is 10.8. The molecule has 2 atom stereocenters. The Morgan fingerprint density at radius 2 is 1.87 bits per heavy atom. The van der Waals surface area contributed by atoms with Crippen molar-refractivity contribution in [3.05, 3.63) is 59.7 Å². The van der Waals surface area contributed by atoms with Crippen LogP contribution in [0, 0.1) is 5.92 Å². The highest BCUT2D eigenvalue weighted by atomic mass is 16.3. The van der Waals surface area contributed by atoms with E-state index in [0.717, 1.165) is 11.1 Å². The van der Waals surface area contributed by atoms with Gasteiger partial charge < -0.3 is 5.11 Å². The Morgan fingerprint density at radius 3 is 2.47 bits per heavy atom. The Bertz CT molecular complexity index is 403. The van der Waals surface area contributed by atoms with Crippen molar-refractivity contribution in [2.24, 2.45) is 5.92 Å². The normalized spacial score (nSPS) is 30.1. The average molecular weight is 200 g/mol. The molecule has 15 heavy (non-hydrogen) atoms. The van der Waals surface area contributed by atoms with Crippen LogP contribution in [0.4, 0.5) is 0 Å². The van der Waals surface area contributed by atoms with E-state index in [2.05, 4.69) is 0 Å². The zero-order valence-electron chi connectivity index (χ0n) is 9.14. The van der Waals surface area contributed by atoms with Gasteiger partial charge in [0.25, 0.3) is 0 Å². The summed E-state index contributed by atoms with van der Waals surface area (Å²) in [7, 11) is 0. The average Bonchev–Trinajstić information content (AvgIpc) is 2.27. The fourth-order valence-corrected chi connectivity index (χ4v) is 2.17. The van der Waals surface area contributed by atoms with Crippen LogP contribution in [-0.2, 0) is 5.60 Å². The summed E-state index contributed by atoms with van der Waals surface area (Å²) in [6.45, 7) is 4.02. The zero-order chi connectivity index (χ0) is 10.9. The standard InChI is InChI=1S/C14H16O/c1-11-7-6-8-12(2)14(11,15)13-9-4-3-5-10-13/h3-11,15H,1-2H3. The second-order valence-corrected chi connectivity index (χ2v) is 4.16. The summed E-state index contributed by atoms with van der Waals surface area (Å²) in [5.41, 5.74) is 1.13. The SMILES string of the molecule is CC1=CC=CC(C)C1(O)c1ccccc1. The largest absolute Gasteiger partial charge is 0.380 e. The summed E-state index contributed by atoms with van der Waals surface area (Å²) in [6.07, 6.45) is 6.03. The monoisotopic (exact) mass is 200 g/mol. The van der Waals surface area contributed by atoms with Crippen LogP contribution in [0.15, 0.2) is 54.1 Å². The fourth-order valence-electron chi connectivity index (χ4n) is 2.17. The lowest BCUT2D eigenvalue weighted by molar-refractivity contribution is 0.0374. The molecule has 0 fully saturated rings. The second kappa shape index (κ2) is 3.67. The van der Waals surface area contributed by atoms with E-state index >= 15 is 0 Å². The first-order valence-electron chi connectivity index (χ1n) is 5.29. The molecule has 0 saturated carbocycles. The number of rotatable bonds is 1. The molecule has 1 N–H and O–H groups in total. The van der Waals surface area contributed by atoms with Crippen molar-refractivity contribution >= 4 is 0 Å². The van der Waals surface area contributed by atoms with Crippen molar-refractivity contribution < 1.29 is 5.11 Å². The lowest BCUT2D eigenvalue weighted by Crippen LogP contribution is -2.35. The van der Waals surface area contributed by atoms with Gasteiger partial charge in [-0.1, -0.05) is 55.5 Å². The van der Waals surface area contributed by atoms with Crippen LogP contribution in [-0.4, -0.2) is 5.11 Å². The number of aliphatic hydroxyl groups is 1. The minimum atomic E-state index is -0.837. The number of hydrogen-bond donors (Lipinski definition) is 1. The third kappa shape index (κ3) is 1.53. The van der Waals surface area contributed by atoms with E-state index in [4.69, 9.17) is 0 Å². The fraction of sp³-hybridized carbons (Fsp3) is 0.286. The molecule has 0 saturated heterocycles. The molecule has 1 nitrogen and oxygen atoms in total. The molecule has 1 aliphatic carbocycles. The summed E-state index contributed by atoms with van der Waals surface area (Å²) in [6, 6.07) is 9.85. The highest BCUT2D eigenvalue weighted by Crippen LogP contribution is 2.39. The molecule has 1 aliphatic rings. The van der Waals surface area contributed by atoms with Crippen LogP contribution >= 0.6 is 0 Å². The third-order valence-electron chi connectivity index (χ3n) is 3.22. The summed E-state index contributed by atoms with van der Waals surface area (Å²) in [5, 5.41) is 10.8. The van der Waals surface area contributed by atoms with Crippen LogP contribution < -0.4 is 0 Å². The Hall–Kier alpha value is -1.34. The van der Waals surface area contributed by atoms with Crippen molar-refractivity contribution in [1.82, 2.24) is 0 Å². The van der Waals surface area contributed by atoms with Crippen LogP contribution in [0.1, 0.15) is 19.4 Å². The Labute approximate surface area is 90.8 Å². The predicted octanol–water partition coefficient (Wildman–Crippen LogP) is 3.03. The van der Waals surface area contributed by atoms with Gasteiger partial charge in [-0.15, -0.1) is 0 Å². The highest BCUT2D eigenvalue weighted by Gasteiger charge is 2.36. The van der Waals surface area contributed by atoms with Gasteiger partial charge in [-0.3, -0.25) is 0 Å². The van der Waals surface area contributed by atoms with Gasteiger partial charge >= 0.3 is 0 Å². The van der Waals surface area contributed by atoms with Gasteiger partial charge in [0.1, 0.15) is 5.60 Å². The Kier molecular flexibility index (Phi) is 2.49. The number of benzene rings is 1. The number of allylic oxidation sites excluding steroid dienone is 2. The lowest BCUT2D eigenvalue weighted by Gasteiger charge is -2.36. The molecule has 2 rings (SSSR count). The van der Waals surface area contributed by atoms with Gasteiger partial charge in [-0.25, -0.2) is 0 Å². The quantitative estimate of drug-likeness (QED) is 0.738. The van der Waals surface area contributed by atoms with Gasteiger partial charge in [-0.05, 0) is 18.1 Å². The molecule has 1 aromatic carbocycles. The summed E-state index contributed by atoms with van der Waals surface area (Å²) in [4.78, 5) is 0. The van der Waals surface area contributed by atoms with Gasteiger partial charge in [0.15, 0.2) is 0 Å². The molecule has 1 aromatic rings. The second-order valence-electron chi connectivity index (χ2n) is 4.16. The molecule has 78 valence electrons. The van der Waals surface area contributed by atoms with E-state index in [-0.39, 0.29) is 5.92 Å². The van der Waals surface area contributed by atoms with E-state index in [9.17, 15) is 5.11 Å². The van der Waals surface area contributed by atoms with Crippen molar-refractivity contribution in [1.29, 1.82) is 0 Å². The van der Waals surface area contributed by atoms with E-state index in [0.29, 0.717) is 0 Å². The van der Waals surface area contributed by atoms with E-state index in [1.807, 2.05) is 62.4 Å². The molecule has 0 spiro atoms. The summed E-state index contributed by atoms with van der Waals surface area (Å²) in [5.74, 6) is 0.116. The minimum absolute atomic E-state index is 0.116. The topological polar surface area (TPSA) is 20.2 Å². The Balaban J connectivity index is 2.50. The molecular weight excluding hydrogens is 184 g/mol. The molecule has 0 heterocycles. The van der Waals surface area contributed by atoms with Crippen LogP contribution in [0.5, 0.6) is 0 Å². The number of hydrogen-bond acceptors (Lipinski definition) is 1. The van der Waals surface area contributed by atoms with Gasteiger partial charge in [-0.2, -0.15) is 0 Å². The van der Waals surface area contributed by atoms with Crippen molar-refractivity contribution in [3.8, 4) is 0 Å². The minimum Gasteiger partial charge on any atom is -0.380 e. The Morgan fingerprint density at radius 1 is 1.20 bits per heavy atom. The first kappa shape index (κ1) is 10.2. The first-order chi connectivity index (χ1) is 7.15. The van der Waals surface area contributed by atoms with Crippen molar-refractivity contribution in [2.75, 3.05) is 0 Å². The maximum Gasteiger partial charge on any atom is 0.117 e. The zero-order valence-corrected chi connectivity index (χ0v) is 9.14. The molecule has 2 unspecified atom stereocenters. The van der Waals surface area contributed by atoms with Gasteiger partial charge in [0, 0.05) is 5.92 Å². The summed E-state index contributed by atoms with van der Waals surface area (Å²) >= 11 is 0. The van der Waals surface area contributed by atoms with Gasteiger partial charge in [0.05, 0.1) is 0 Å². The predicted molar refractivity (Wildman–Crippen MR) is 62.4 cm³/mol. The summed E-state index contributed by atoms with van der Waals surface area (Å²) < 4.78 is 0. The van der Waals surface area contributed by atoms with E-state index in [1.165, 1.54) is 0 Å². The highest BCUT2D eigenvalue weighted by molar-refractivity contribution is 5.38. The molecule has 0 aromatic heterocycles. The molecule has 0 radical (unpaired) electrons. The van der Waals surface area contributed by atoms with Crippen LogP contribution in [0.3, 0.4) is 0 Å². The lowest BCUT2D eigenvalue weighted by atomic mass is 9.75. The van der Waals surface area contributed by atoms with Crippen LogP contribution in [0.2, 0.25) is 0 Å². The van der Waals surface area contributed by atoms with Crippen LogP contribution in [0.25, 0.3) is 0 Å². The molecule has 0 bridgehead atoms. The molecular formula is C14H16O. The maximum absolute atomic E-state index is 10.8. The molecule has 0 amide bonds. The van der Waals surface area contributed by atoms with E-state index in [1.54, 1.807) is 0 Å². The molecule has 0 aliphatic heterocycles. The van der Waals surface area contributed by atoms with Crippen molar-refractivity contribution in [3.63, 3.8) is 0 Å². The van der Waals surface area contributed by atoms with E-state index < -0.39 is 5.60 Å². The smallest absolute Gasteiger partial charge is 0.117 e. The third-order valence-corrected chi connectivity index (χ3v) is 3.22. The first-order valence-corrected chi connectivity index (χ1v) is 5.29. The van der Waals surface area contributed by atoms with Gasteiger partial charge in [0.2, 0.25) is 0 Å². The molecule has 1 heteroatoms.